The van der Waals surface area contributed by atoms with Gasteiger partial charge in [-0.2, -0.15) is 0 Å². The van der Waals surface area contributed by atoms with E-state index in [0.29, 0.717) is 5.92 Å². The highest BCUT2D eigenvalue weighted by Crippen LogP contribution is 2.09. The molecule has 0 N–H and O–H groups in total. The fraction of sp³-hybridized carbons (Fsp3) is 0.600. The SMILES string of the molecule is C/C=C(\C)CC/C=C(\C)C/C=C/C(C)C. The molecule has 0 saturated heterocycles. The molecule has 0 bridgehead atoms. The van der Waals surface area contributed by atoms with Gasteiger partial charge in [0.1, 0.15) is 0 Å². The molecule has 0 aromatic carbocycles. The molecule has 0 saturated carbocycles. The lowest BCUT2D eigenvalue weighted by atomic mass is 10.1. The summed E-state index contributed by atoms with van der Waals surface area (Å²) in [6.45, 7) is 10.9. The Labute approximate surface area is 95.8 Å². The van der Waals surface area contributed by atoms with Crippen LogP contribution in [0.15, 0.2) is 35.5 Å². The Hall–Kier alpha value is -0.780. The third-order valence-corrected chi connectivity index (χ3v) is 2.49. The first-order valence-electron chi connectivity index (χ1n) is 6.00. The molecule has 0 atom stereocenters. The highest BCUT2D eigenvalue weighted by atomic mass is 14.0. The summed E-state index contributed by atoms with van der Waals surface area (Å²) in [7, 11) is 0. The molecule has 0 aromatic heterocycles. The van der Waals surface area contributed by atoms with Crippen LogP contribution in [0.1, 0.15) is 53.9 Å². The van der Waals surface area contributed by atoms with E-state index in [4.69, 9.17) is 0 Å². The van der Waals surface area contributed by atoms with E-state index in [1.54, 1.807) is 0 Å². The summed E-state index contributed by atoms with van der Waals surface area (Å²) in [4.78, 5) is 0. The molecule has 0 amide bonds. The van der Waals surface area contributed by atoms with Gasteiger partial charge in [-0.1, -0.05) is 49.3 Å². The maximum absolute atomic E-state index is 2.36. The number of hydrogen-bond donors (Lipinski definition) is 0. The molecular weight excluding hydrogens is 180 g/mol. The predicted molar refractivity (Wildman–Crippen MR) is 71.0 cm³/mol. The van der Waals surface area contributed by atoms with E-state index >= 15 is 0 Å². The van der Waals surface area contributed by atoms with Crippen LogP contribution < -0.4 is 0 Å². The van der Waals surface area contributed by atoms with Crippen LogP contribution in [0.4, 0.5) is 0 Å². The predicted octanol–water partition coefficient (Wildman–Crippen LogP) is 5.28. The molecule has 0 radical (unpaired) electrons. The minimum absolute atomic E-state index is 0.670. The van der Waals surface area contributed by atoms with E-state index in [9.17, 15) is 0 Å². The van der Waals surface area contributed by atoms with Crippen LogP contribution in [0, 0.1) is 5.92 Å². The molecule has 0 aromatic rings. The van der Waals surface area contributed by atoms with E-state index in [0.717, 1.165) is 6.42 Å². The average molecular weight is 206 g/mol. The number of rotatable bonds is 6. The molecule has 0 unspecified atom stereocenters. The van der Waals surface area contributed by atoms with Crippen LogP contribution in [0.25, 0.3) is 0 Å². The van der Waals surface area contributed by atoms with Crippen molar-refractivity contribution in [3.05, 3.63) is 35.5 Å². The Kier molecular flexibility index (Phi) is 8.08. The Morgan fingerprint density at radius 2 is 1.80 bits per heavy atom. The summed E-state index contributed by atoms with van der Waals surface area (Å²) in [6, 6.07) is 0. The van der Waals surface area contributed by atoms with Gasteiger partial charge in [-0.3, -0.25) is 0 Å². The summed E-state index contributed by atoms with van der Waals surface area (Å²) in [5.74, 6) is 0.670. The van der Waals surface area contributed by atoms with Crippen molar-refractivity contribution >= 4 is 0 Å². The minimum Gasteiger partial charge on any atom is -0.0887 e. The normalized spacial score (nSPS) is 14.3. The van der Waals surface area contributed by atoms with E-state index in [2.05, 4.69) is 58.9 Å². The van der Waals surface area contributed by atoms with Crippen molar-refractivity contribution in [2.45, 2.75) is 53.9 Å². The quantitative estimate of drug-likeness (QED) is 0.518. The zero-order chi connectivity index (χ0) is 11.7. The molecule has 0 fully saturated rings. The van der Waals surface area contributed by atoms with E-state index < -0.39 is 0 Å². The van der Waals surface area contributed by atoms with Crippen LogP contribution in [0.5, 0.6) is 0 Å². The summed E-state index contributed by atoms with van der Waals surface area (Å²) in [5, 5.41) is 0. The third-order valence-electron chi connectivity index (χ3n) is 2.49. The second kappa shape index (κ2) is 8.52. The zero-order valence-corrected chi connectivity index (χ0v) is 11.0. The van der Waals surface area contributed by atoms with Crippen molar-refractivity contribution in [1.82, 2.24) is 0 Å². The molecular formula is C15H26. The maximum Gasteiger partial charge on any atom is -0.0141 e. The second-order valence-electron chi connectivity index (χ2n) is 4.60. The molecule has 15 heavy (non-hydrogen) atoms. The molecule has 0 heterocycles. The van der Waals surface area contributed by atoms with E-state index in [-0.39, 0.29) is 0 Å². The molecule has 0 rings (SSSR count). The fourth-order valence-electron chi connectivity index (χ4n) is 1.30. The van der Waals surface area contributed by atoms with Crippen molar-refractivity contribution in [1.29, 1.82) is 0 Å². The molecule has 0 aliphatic heterocycles. The van der Waals surface area contributed by atoms with Crippen LogP contribution in [0.3, 0.4) is 0 Å². The van der Waals surface area contributed by atoms with Crippen molar-refractivity contribution in [2.24, 2.45) is 5.92 Å². The van der Waals surface area contributed by atoms with Crippen molar-refractivity contribution in [2.75, 3.05) is 0 Å². The Morgan fingerprint density at radius 3 is 2.33 bits per heavy atom. The van der Waals surface area contributed by atoms with Crippen molar-refractivity contribution < 1.29 is 0 Å². The molecule has 0 aliphatic carbocycles. The maximum atomic E-state index is 2.36. The third kappa shape index (κ3) is 9.52. The van der Waals surface area contributed by atoms with Crippen molar-refractivity contribution in [3.8, 4) is 0 Å². The van der Waals surface area contributed by atoms with Crippen LogP contribution in [-0.4, -0.2) is 0 Å². The highest BCUT2D eigenvalue weighted by molar-refractivity contribution is 5.06. The average Bonchev–Trinajstić information content (AvgIpc) is 2.17. The van der Waals surface area contributed by atoms with E-state index in [1.807, 2.05) is 0 Å². The monoisotopic (exact) mass is 206 g/mol. The summed E-state index contributed by atoms with van der Waals surface area (Å²) in [6.07, 6.45) is 12.6. The fourth-order valence-corrected chi connectivity index (χ4v) is 1.30. The first-order chi connectivity index (χ1) is 7.06. The second-order valence-corrected chi connectivity index (χ2v) is 4.60. The Bertz CT molecular complexity index is 239. The largest absolute Gasteiger partial charge is 0.0887 e. The van der Waals surface area contributed by atoms with Gasteiger partial charge in [-0.25, -0.2) is 0 Å². The highest BCUT2D eigenvalue weighted by Gasteiger charge is 1.89. The Morgan fingerprint density at radius 1 is 1.13 bits per heavy atom. The van der Waals surface area contributed by atoms with Gasteiger partial charge < -0.3 is 0 Å². The lowest BCUT2D eigenvalue weighted by molar-refractivity contribution is 0.826. The lowest BCUT2D eigenvalue weighted by Gasteiger charge is -1.99. The van der Waals surface area contributed by atoms with Gasteiger partial charge in [0, 0.05) is 0 Å². The summed E-state index contributed by atoms with van der Waals surface area (Å²) in [5.41, 5.74) is 2.97. The summed E-state index contributed by atoms with van der Waals surface area (Å²) >= 11 is 0. The standard InChI is InChI=1S/C15H26/c1-6-14(4)10-8-12-15(5)11-7-9-13(2)3/h6-7,9,12-13H,8,10-11H2,1-5H3/b9-7+,14-6+,15-12+. The van der Waals surface area contributed by atoms with Gasteiger partial charge in [0.15, 0.2) is 0 Å². The van der Waals surface area contributed by atoms with Crippen LogP contribution in [0.2, 0.25) is 0 Å². The van der Waals surface area contributed by atoms with Gasteiger partial charge in [-0.05, 0) is 46.0 Å². The first-order valence-corrected chi connectivity index (χ1v) is 6.00. The van der Waals surface area contributed by atoms with Crippen LogP contribution >= 0.6 is 0 Å². The zero-order valence-electron chi connectivity index (χ0n) is 11.0. The minimum atomic E-state index is 0.670. The van der Waals surface area contributed by atoms with Gasteiger partial charge in [0.05, 0.1) is 0 Å². The number of hydrogen-bond acceptors (Lipinski definition) is 0. The van der Waals surface area contributed by atoms with Gasteiger partial charge in [0.2, 0.25) is 0 Å². The summed E-state index contributed by atoms with van der Waals surface area (Å²) < 4.78 is 0. The van der Waals surface area contributed by atoms with Gasteiger partial charge in [0.25, 0.3) is 0 Å². The first kappa shape index (κ1) is 14.2. The lowest BCUT2D eigenvalue weighted by Crippen LogP contribution is -1.80. The molecule has 0 nitrogen and oxygen atoms in total. The topological polar surface area (TPSA) is 0 Å². The molecule has 0 heteroatoms. The van der Waals surface area contributed by atoms with Gasteiger partial charge in [-0.15, -0.1) is 0 Å². The molecule has 0 spiro atoms. The Balaban J connectivity index is 3.80. The van der Waals surface area contributed by atoms with E-state index in [1.165, 1.54) is 24.0 Å². The molecule has 0 aliphatic rings. The smallest absolute Gasteiger partial charge is 0.0141 e. The van der Waals surface area contributed by atoms with Crippen molar-refractivity contribution in [3.63, 3.8) is 0 Å². The van der Waals surface area contributed by atoms with Crippen LogP contribution in [-0.2, 0) is 0 Å². The molecule has 86 valence electrons. The number of allylic oxidation sites excluding steroid dienone is 6. The van der Waals surface area contributed by atoms with Gasteiger partial charge >= 0.3 is 0 Å².